The molecule has 0 fully saturated rings. The van der Waals surface area contributed by atoms with Crippen LogP contribution in [0.3, 0.4) is 0 Å². The van der Waals surface area contributed by atoms with Gasteiger partial charge in [-0.2, -0.15) is 0 Å². The van der Waals surface area contributed by atoms with Gasteiger partial charge in [0, 0.05) is 25.2 Å². The maximum atomic E-state index is 11.5. The molecule has 1 aliphatic rings. The summed E-state index contributed by atoms with van der Waals surface area (Å²) in [6, 6.07) is 7.14. The number of rotatable bonds is 3. The van der Waals surface area contributed by atoms with Crippen LogP contribution in [0, 0.1) is 0 Å². The Morgan fingerprint density at radius 3 is 2.78 bits per heavy atom. The first kappa shape index (κ1) is 12.6. The Balaban J connectivity index is 1.97. The van der Waals surface area contributed by atoms with Crippen molar-refractivity contribution in [2.24, 2.45) is 0 Å². The fourth-order valence-electron chi connectivity index (χ4n) is 2.08. The topological polar surface area (TPSA) is 49.8 Å². The van der Waals surface area contributed by atoms with Gasteiger partial charge >= 0.3 is 5.97 Å². The summed E-state index contributed by atoms with van der Waals surface area (Å²) in [5.74, 6) is 0.0259. The van der Waals surface area contributed by atoms with Gasteiger partial charge in [0.1, 0.15) is 5.75 Å². The van der Waals surface area contributed by atoms with E-state index in [1.165, 1.54) is 7.11 Å². The van der Waals surface area contributed by atoms with E-state index in [9.17, 15) is 9.90 Å². The molecule has 1 aliphatic heterocycles. The quantitative estimate of drug-likeness (QED) is 0.826. The average Bonchev–Trinajstić information content (AvgIpc) is 2.41. The van der Waals surface area contributed by atoms with Gasteiger partial charge in [-0.3, -0.25) is 4.90 Å². The third-order valence-electron chi connectivity index (χ3n) is 3.02. The standard InChI is InChI=1S/C14H17NO3/c1-18-14(17)12-3-2-8-15(10-12)9-11-4-6-13(16)7-5-11/h3-7,16H,2,8-10H2,1H3. The SMILES string of the molecule is COC(=O)C1=CCCN(Cc2ccc(O)cc2)C1. The van der Waals surface area contributed by atoms with Crippen molar-refractivity contribution in [2.75, 3.05) is 20.2 Å². The molecule has 0 unspecified atom stereocenters. The van der Waals surface area contributed by atoms with Crippen molar-refractivity contribution in [2.45, 2.75) is 13.0 Å². The van der Waals surface area contributed by atoms with Crippen molar-refractivity contribution in [3.8, 4) is 5.75 Å². The molecule has 0 aromatic heterocycles. The predicted molar refractivity (Wildman–Crippen MR) is 68.1 cm³/mol. The lowest BCUT2D eigenvalue weighted by atomic mass is 10.1. The Morgan fingerprint density at radius 2 is 2.11 bits per heavy atom. The molecule has 18 heavy (non-hydrogen) atoms. The second-order valence-electron chi connectivity index (χ2n) is 4.39. The third-order valence-corrected chi connectivity index (χ3v) is 3.02. The fourth-order valence-corrected chi connectivity index (χ4v) is 2.08. The van der Waals surface area contributed by atoms with Crippen LogP contribution in [0.15, 0.2) is 35.9 Å². The molecule has 4 nitrogen and oxygen atoms in total. The Morgan fingerprint density at radius 1 is 1.39 bits per heavy atom. The first-order chi connectivity index (χ1) is 8.69. The largest absolute Gasteiger partial charge is 0.508 e. The molecule has 0 saturated heterocycles. The Labute approximate surface area is 106 Å². The van der Waals surface area contributed by atoms with Crippen molar-refractivity contribution in [3.63, 3.8) is 0 Å². The number of aromatic hydroxyl groups is 1. The monoisotopic (exact) mass is 247 g/mol. The van der Waals surface area contributed by atoms with Crippen molar-refractivity contribution < 1.29 is 14.6 Å². The molecule has 0 saturated carbocycles. The highest BCUT2D eigenvalue weighted by Crippen LogP contribution is 2.16. The molecule has 0 atom stereocenters. The van der Waals surface area contributed by atoms with Crippen LogP contribution >= 0.6 is 0 Å². The number of phenolic OH excluding ortho intramolecular Hbond substituents is 1. The summed E-state index contributed by atoms with van der Waals surface area (Å²) < 4.78 is 4.74. The highest BCUT2D eigenvalue weighted by atomic mass is 16.5. The van der Waals surface area contributed by atoms with E-state index in [0.29, 0.717) is 6.54 Å². The first-order valence-electron chi connectivity index (χ1n) is 5.96. The van der Waals surface area contributed by atoms with E-state index in [-0.39, 0.29) is 11.7 Å². The maximum Gasteiger partial charge on any atom is 0.334 e. The molecule has 0 amide bonds. The molecule has 0 spiro atoms. The van der Waals surface area contributed by atoms with Gasteiger partial charge in [0.2, 0.25) is 0 Å². The summed E-state index contributed by atoms with van der Waals surface area (Å²) in [6.07, 6.45) is 2.81. The molecule has 0 aliphatic carbocycles. The second kappa shape index (κ2) is 5.69. The minimum Gasteiger partial charge on any atom is -0.508 e. The number of hydrogen-bond donors (Lipinski definition) is 1. The summed E-state index contributed by atoms with van der Waals surface area (Å²) in [4.78, 5) is 13.7. The van der Waals surface area contributed by atoms with Crippen molar-refractivity contribution in [1.82, 2.24) is 4.90 Å². The van der Waals surface area contributed by atoms with Crippen LogP contribution in [-0.4, -0.2) is 36.2 Å². The highest BCUT2D eigenvalue weighted by Gasteiger charge is 2.18. The number of phenols is 1. The molecule has 1 N–H and O–H groups in total. The zero-order valence-corrected chi connectivity index (χ0v) is 10.4. The molecule has 1 aromatic rings. The van der Waals surface area contributed by atoms with E-state index in [1.807, 2.05) is 18.2 Å². The number of methoxy groups -OCH3 is 1. The highest BCUT2D eigenvalue weighted by molar-refractivity contribution is 5.88. The number of benzene rings is 1. The third kappa shape index (κ3) is 3.11. The van der Waals surface area contributed by atoms with Crippen molar-refractivity contribution in [3.05, 3.63) is 41.5 Å². The number of carbonyl (C=O) groups is 1. The van der Waals surface area contributed by atoms with Crippen LogP contribution < -0.4 is 0 Å². The summed E-state index contributed by atoms with van der Waals surface area (Å²) in [7, 11) is 1.40. The van der Waals surface area contributed by atoms with Gasteiger partial charge in [0.15, 0.2) is 0 Å². The fraction of sp³-hybridized carbons (Fsp3) is 0.357. The zero-order valence-electron chi connectivity index (χ0n) is 10.4. The summed E-state index contributed by atoms with van der Waals surface area (Å²) in [5, 5.41) is 9.23. The van der Waals surface area contributed by atoms with Crippen molar-refractivity contribution >= 4 is 5.97 Å². The predicted octanol–water partition coefficient (Wildman–Crippen LogP) is 1.70. The summed E-state index contributed by atoms with van der Waals surface area (Å²) in [6.45, 7) is 2.32. The molecule has 0 bridgehead atoms. The van der Waals surface area contributed by atoms with E-state index in [0.717, 1.165) is 30.6 Å². The number of esters is 1. The summed E-state index contributed by atoms with van der Waals surface area (Å²) >= 11 is 0. The normalized spacial score (nSPS) is 16.2. The molecular formula is C14H17NO3. The van der Waals surface area contributed by atoms with Crippen LogP contribution in [0.4, 0.5) is 0 Å². The Kier molecular flexibility index (Phi) is 3.99. The number of nitrogens with zero attached hydrogens (tertiary/aromatic N) is 1. The molecule has 2 rings (SSSR count). The maximum absolute atomic E-state index is 11.5. The van der Waals surface area contributed by atoms with E-state index in [2.05, 4.69) is 4.90 Å². The number of carbonyl (C=O) groups excluding carboxylic acids is 1. The van der Waals surface area contributed by atoms with Gasteiger partial charge in [0.05, 0.1) is 7.11 Å². The van der Waals surface area contributed by atoms with E-state index >= 15 is 0 Å². The summed E-state index contributed by atoms with van der Waals surface area (Å²) in [5.41, 5.74) is 1.85. The Hall–Kier alpha value is -1.81. The van der Waals surface area contributed by atoms with Gasteiger partial charge in [0.25, 0.3) is 0 Å². The first-order valence-corrected chi connectivity index (χ1v) is 5.96. The lowest BCUT2D eigenvalue weighted by Crippen LogP contribution is -2.32. The van der Waals surface area contributed by atoms with E-state index in [4.69, 9.17) is 4.74 Å². The van der Waals surface area contributed by atoms with Gasteiger partial charge in [-0.25, -0.2) is 4.79 Å². The number of ether oxygens (including phenoxy) is 1. The molecule has 4 heteroatoms. The van der Waals surface area contributed by atoms with Crippen LogP contribution in [0.5, 0.6) is 5.75 Å². The van der Waals surface area contributed by atoms with Crippen LogP contribution in [0.25, 0.3) is 0 Å². The van der Waals surface area contributed by atoms with E-state index in [1.54, 1.807) is 12.1 Å². The van der Waals surface area contributed by atoms with Gasteiger partial charge in [-0.15, -0.1) is 0 Å². The van der Waals surface area contributed by atoms with Crippen LogP contribution in [0.1, 0.15) is 12.0 Å². The van der Waals surface area contributed by atoms with Gasteiger partial charge in [-0.05, 0) is 24.1 Å². The molecular weight excluding hydrogens is 230 g/mol. The van der Waals surface area contributed by atoms with Crippen LogP contribution in [-0.2, 0) is 16.1 Å². The lowest BCUT2D eigenvalue weighted by Gasteiger charge is -2.26. The second-order valence-corrected chi connectivity index (χ2v) is 4.39. The average molecular weight is 247 g/mol. The zero-order chi connectivity index (χ0) is 13.0. The van der Waals surface area contributed by atoms with Crippen molar-refractivity contribution in [1.29, 1.82) is 0 Å². The van der Waals surface area contributed by atoms with Gasteiger partial charge < -0.3 is 9.84 Å². The lowest BCUT2D eigenvalue weighted by molar-refractivity contribution is -0.136. The Bertz CT molecular complexity index is 451. The molecule has 1 aromatic carbocycles. The smallest absolute Gasteiger partial charge is 0.334 e. The molecule has 1 heterocycles. The number of hydrogen-bond acceptors (Lipinski definition) is 4. The molecule has 0 radical (unpaired) electrons. The molecule has 96 valence electrons. The van der Waals surface area contributed by atoms with E-state index < -0.39 is 0 Å². The van der Waals surface area contributed by atoms with Gasteiger partial charge in [-0.1, -0.05) is 18.2 Å². The minimum atomic E-state index is -0.245. The minimum absolute atomic E-state index is 0.245. The van der Waals surface area contributed by atoms with Crippen LogP contribution in [0.2, 0.25) is 0 Å².